The average molecular weight is 267 g/mol. The Labute approximate surface area is 119 Å². The first kappa shape index (κ1) is 13.8. The van der Waals surface area contributed by atoms with E-state index in [2.05, 4.69) is 11.0 Å². The highest BCUT2D eigenvalue weighted by atomic mass is 16.5. The summed E-state index contributed by atoms with van der Waals surface area (Å²) in [4.78, 5) is 2.08. The van der Waals surface area contributed by atoms with Gasteiger partial charge in [-0.15, -0.1) is 0 Å². The Hall–Kier alpha value is -2.67. The predicted molar refractivity (Wildman–Crippen MR) is 80.7 cm³/mol. The monoisotopic (exact) mass is 267 g/mol. The molecule has 0 saturated heterocycles. The Morgan fingerprint density at radius 1 is 1.20 bits per heavy atom. The molecule has 0 aliphatic rings. The lowest BCUT2D eigenvalue weighted by atomic mass is 10.1. The molecule has 4 heteroatoms. The van der Waals surface area contributed by atoms with Crippen molar-refractivity contribution in [3.05, 3.63) is 53.6 Å². The molecule has 0 spiro atoms. The molecule has 0 aromatic heterocycles. The topological polar surface area (TPSA) is 62.3 Å². The van der Waals surface area contributed by atoms with Gasteiger partial charge in [0, 0.05) is 19.3 Å². The number of ether oxygens (including phenoxy) is 1. The normalized spacial score (nSPS) is 9.85. The van der Waals surface area contributed by atoms with E-state index in [1.165, 1.54) is 5.56 Å². The van der Waals surface area contributed by atoms with Gasteiger partial charge in [0.05, 0.1) is 18.4 Å². The van der Waals surface area contributed by atoms with Crippen molar-refractivity contribution in [3.8, 4) is 11.8 Å². The van der Waals surface area contributed by atoms with Crippen LogP contribution in [0, 0.1) is 11.3 Å². The Morgan fingerprint density at radius 3 is 2.45 bits per heavy atom. The van der Waals surface area contributed by atoms with Gasteiger partial charge in [0.15, 0.2) is 0 Å². The minimum Gasteiger partial charge on any atom is -0.497 e. The summed E-state index contributed by atoms with van der Waals surface area (Å²) in [6.45, 7) is 0.759. The van der Waals surface area contributed by atoms with Gasteiger partial charge in [0.1, 0.15) is 11.8 Å². The highest BCUT2D eigenvalue weighted by Gasteiger charge is 2.05. The van der Waals surface area contributed by atoms with E-state index in [1.54, 1.807) is 13.2 Å². The van der Waals surface area contributed by atoms with Crippen LogP contribution in [0.3, 0.4) is 0 Å². The number of nitrogens with zero attached hydrogens (tertiary/aromatic N) is 2. The molecule has 0 aliphatic carbocycles. The summed E-state index contributed by atoms with van der Waals surface area (Å²) in [7, 11) is 3.64. The maximum atomic E-state index is 8.88. The average Bonchev–Trinajstić information content (AvgIpc) is 2.48. The number of benzene rings is 2. The number of hydrogen-bond donors (Lipinski definition) is 1. The molecule has 0 aliphatic heterocycles. The summed E-state index contributed by atoms with van der Waals surface area (Å²) in [5.74, 6) is 0.846. The summed E-state index contributed by atoms with van der Waals surface area (Å²) < 4.78 is 5.14. The highest BCUT2D eigenvalue weighted by Crippen LogP contribution is 2.22. The molecule has 0 radical (unpaired) electrons. The molecule has 2 rings (SSSR count). The van der Waals surface area contributed by atoms with Crippen molar-refractivity contribution in [1.82, 2.24) is 0 Å². The number of nitrogen functional groups attached to an aromatic ring is 1. The number of nitriles is 1. The first-order valence-electron chi connectivity index (χ1n) is 6.27. The maximum Gasteiger partial charge on any atom is 0.118 e. The molecule has 20 heavy (non-hydrogen) atoms. The SMILES string of the molecule is COc1ccc(CN(C)c2ccc(C#N)c(N)c2)cc1. The molecule has 0 bridgehead atoms. The fourth-order valence-corrected chi connectivity index (χ4v) is 1.99. The molecule has 2 aromatic rings. The zero-order valence-electron chi connectivity index (χ0n) is 11.6. The van der Waals surface area contributed by atoms with E-state index in [9.17, 15) is 0 Å². The van der Waals surface area contributed by atoms with E-state index in [1.807, 2.05) is 43.4 Å². The lowest BCUT2D eigenvalue weighted by molar-refractivity contribution is 0.414. The van der Waals surface area contributed by atoms with Crippen LogP contribution >= 0.6 is 0 Å². The van der Waals surface area contributed by atoms with Gasteiger partial charge in [-0.3, -0.25) is 0 Å². The van der Waals surface area contributed by atoms with Gasteiger partial charge >= 0.3 is 0 Å². The number of rotatable bonds is 4. The maximum absolute atomic E-state index is 8.88. The van der Waals surface area contributed by atoms with Crippen LogP contribution < -0.4 is 15.4 Å². The first-order chi connectivity index (χ1) is 9.63. The second kappa shape index (κ2) is 5.98. The standard InChI is InChI=1S/C16H17N3O/c1-19(11-12-3-7-15(20-2)8-4-12)14-6-5-13(10-17)16(18)9-14/h3-9H,11,18H2,1-2H3. The van der Waals surface area contributed by atoms with Crippen molar-refractivity contribution in [1.29, 1.82) is 5.26 Å². The second-order valence-corrected chi connectivity index (χ2v) is 4.59. The van der Waals surface area contributed by atoms with E-state index >= 15 is 0 Å². The van der Waals surface area contributed by atoms with E-state index in [4.69, 9.17) is 15.7 Å². The number of hydrogen-bond acceptors (Lipinski definition) is 4. The lowest BCUT2D eigenvalue weighted by Gasteiger charge is -2.20. The van der Waals surface area contributed by atoms with Crippen LogP contribution in [0.25, 0.3) is 0 Å². The van der Waals surface area contributed by atoms with Crippen LogP contribution in [0.2, 0.25) is 0 Å². The summed E-state index contributed by atoms with van der Waals surface area (Å²) in [6.07, 6.45) is 0. The summed E-state index contributed by atoms with van der Waals surface area (Å²) in [6, 6.07) is 15.5. The highest BCUT2D eigenvalue weighted by molar-refractivity contribution is 5.63. The van der Waals surface area contributed by atoms with Crippen LogP contribution in [-0.4, -0.2) is 14.2 Å². The largest absolute Gasteiger partial charge is 0.497 e. The fraction of sp³-hybridized carbons (Fsp3) is 0.188. The van der Waals surface area contributed by atoms with Gasteiger partial charge in [0.2, 0.25) is 0 Å². The molecule has 4 nitrogen and oxygen atoms in total. The summed E-state index contributed by atoms with van der Waals surface area (Å²) in [5.41, 5.74) is 9.01. The lowest BCUT2D eigenvalue weighted by Crippen LogP contribution is -2.16. The smallest absolute Gasteiger partial charge is 0.118 e. The summed E-state index contributed by atoms with van der Waals surface area (Å²) in [5, 5.41) is 8.88. The van der Waals surface area contributed by atoms with Crippen LogP contribution in [0.5, 0.6) is 5.75 Å². The quantitative estimate of drug-likeness (QED) is 0.865. The molecule has 2 aromatic carbocycles. The zero-order valence-corrected chi connectivity index (χ0v) is 11.6. The van der Waals surface area contributed by atoms with Crippen molar-refractivity contribution in [2.45, 2.75) is 6.54 Å². The van der Waals surface area contributed by atoms with Crippen LogP contribution in [0.15, 0.2) is 42.5 Å². The molecule has 0 atom stereocenters. The van der Waals surface area contributed by atoms with Crippen molar-refractivity contribution in [2.24, 2.45) is 0 Å². The molecule has 0 saturated carbocycles. The Balaban J connectivity index is 2.13. The van der Waals surface area contributed by atoms with Gasteiger partial charge < -0.3 is 15.4 Å². The van der Waals surface area contributed by atoms with Gasteiger partial charge in [-0.1, -0.05) is 12.1 Å². The molecular formula is C16H17N3O. The fourth-order valence-electron chi connectivity index (χ4n) is 1.99. The molecule has 0 unspecified atom stereocenters. The predicted octanol–water partition coefficient (Wildman–Crippen LogP) is 2.79. The van der Waals surface area contributed by atoms with Gasteiger partial charge in [-0.2, -0.15) is 5.26 Å². The van der Waals surface area contributed by atoms with Gasteiger partial charge in [-0.05, 0) is 35.9 Å². The third kappa shape index (κ3) is 3.01. The number of methoxy groups -OCH3 is 1. The van der Waals surface area contributed by atoms with Crippen molar-refractivity contribution >= 4 is 11.4 Å². The van der Waals surface area contributed by atoms with Crippen molar-refractivity contribution < 1.29 is 4.74 Å². The van der Waals surface area contributed by atoms with E-state index < -0.39 is 0 Å². The minimum absolute atomic E-state index is 0.506. The molecule has 0 fully saturated rings. The van der Waals surface area contributed by atoms with Crippen LogP contribution in [0.4, 0.5) is 11.4 Å². The number of anilines is 2. The molecule has 102 valence electrons. The van der Waals surface area contributed by atoms with Crippen molar-refractivity contribution in [2.75, 3.05) is 24.8 Å². The zero-order chi connectivity index (χ0) is 14.5. The first-order valence-corrected chi connectivity index (χ1v) is 6.27. The third-order valence-corrected chi connectivity index (χ3v) is 3.18. The second-order valence-electron chi connectivity index (χ2n) is 4.59. The Morgan fingerprint density at radius 2 is 1.90 bits per heavy atom. The third-order valence-electron chi connectivity index (χ3n) is 3.18. The van der Waals surface area contributed by atoms with Crippen molar-refractivity contribution in [3.63, 3.8) is 0 Å². The summed E-state index contributed by atoms with van der Waals surface area (Å²) >= 11 is 0. The Kier molecular flexibility index (Phi) is 4.11. The number of nitrogens with two attached hydrogens (primary N) is 1. The van der Waals surface area contributed by atoms with Gasteiger partial charge in [-0.25, -0.2) is 0 Å². The molecule has 0 amide bonds. The van der Waals surface area contributed by atoms with E-state index in [0.29, 0.717) is 11.3 Å². The van der Waals surface area contributed by atoms with E-state index in [-0.39, 0.29) is 0 Å². The molecule has 2 N–H and O–H groups in total. The van der Waals surface area contributed by atoms with Gasteiger partial charge in [0.25, 0.3) is 0 Å². The molecular weight excluding hydrogens is 250 g/mol. The van der Waals surface area contributed by atoms with E-state index in [0.717, 1.165) is 18.0 Å². The minimum atomic E-state index is 0.506. The van der Waals surface area contributed by atoms with Crippen LogP contribution in [0.1, 0.15) is 11.1 Å². The van der Waals surface area contributed by atoms with Crippen LogP contribution in [-0.2, 0) is 6.54 Å². The Bertz CT molecular complexity index is 629. The molecule has 0 heterocycles.